The van der Waals surface area contributed by atoms with E-state index in [4.69, 9.17) is 4.74 Å². The van der Waals surface area contributed by atoms with Gasteiger partial charge in [-0.3, -0.25) is 9.59 Å². The van der Waals surface area contributed by atoms with E-state index in [0.717, 1.165) is 0 Å². The molecule has 0 aliphatic heterocycles. The highest BCUT2D eigenvalue weighted by atomic mass is 16.5. The summed E-state index contributed by atoms with van der Waals surface area (Å²) in [5, 5.41) is 29.8. The number of rotatable bonds is 2. The van der Waals surface area contributed by atoms with Crippen LogP contribution in [0.3, 0.4) is 0 Å². The lowest BCUT2D eigenvalue weighted by Crippen LogP contribution is -2.23. The van der Waals surface area contributed by atoms with Crippen LogP contribution in [0.5, 0.6) is 5.75 Å². The molecule has 6 heteroatoms. The van der Waals surface area contributed by atoms with Gasteiger partial charge in [0, 0.05) is 28.7 Å². The Hall–Kier alpha value is -2.54. The summed E-state index contributed by atoms with van der Waals surface area (Å²) < 4.78 is 5.13. The Labute approximate surface area is 143 Å². The van der Waals surface area contributed by atoms with Gasteiger partial charge in [0.1, 0.15) is 11.9 Å². The summed E-state index contributed by atoms with van der Waals surface area (Å²) in [6.07, 6.45) is -2.17. The fourth-order valence-electron chi connectivity index (χ4n) is 3.79. The molecule has 0 radical (unpaired) electrons. The number of methoxy groups -OCH3 is 1. The lowest BCUT2D eigenvalue weighted by Gasteiger charge is -2.22. The van der Waals surface area contributed by atoms with Gasteiger partial charge in [0.15, 0.2) is 11.6 Å². The number of hydrogen-bond acceptors (Lipinski definition) is 6. The van der Waals surface area contributed by atoms with Crippen molar-refractivity contribution in [1.29, 1.82) is 0 Å². The van der Waals surface area contributed by atoms with Crippen LogP contribution in [0, 0.1) is 0 Å². The van der Waals surface area contributed by atoms with Gasteiger partial charge in [-0.15, -0.1) is 0 Å². The first-order valence-electron chi connectivity index (χ1n) is 7.91. The quantitative estimate of drug-likeness (QED) is 0.641. The van der Waals surface area contributed by atoms with Crippen LogP contribution in [0.25, 0.3) is 0 Å². The highest BCUT2D eigenvalue weighted by molar-refractivity contribution is 6.29. The number of carbonyl (C=O) groups is 2. The summed E-state index contributed by atoms with van der Waals surface area (Å²) in [6, 6.07) is 6.12. The molecular formula is C19H16O6. The fourth-order valence-corrected chi connectivity index (χ4v) is 3.79. The van der Waals surface area contributed by atoms with E-state index in [1.807, 2.05) is 0 Å². The third-order valence-electron chi connectivity index (χ3n) is 4.99. The van der Waals surface area contributed by atoms with E-state index in [9.17, 15) is 24.9 Å². The maximum atomic E-state index is 13.0. The third kappa shape index (κ3) is 2.08. The van der Waals surface area contributed by atoms with E-state index < -0.39 is 18.8 Å². The van der Waals surface area contributed by atoms with Crippen LogP contribution >= 0.6 is 0 Å². The van der Waals surface area contributed by atoms with E-state index >= 15 is 0 Å². The van der Waals surface area contributed by atoms with Gasteiger partial charge < -0.3 is 20.1 Å². The van der Waals surface area contributed by atoms with Crippen molar-refractivity contribution in [3.8, 4) is 5.75 Å². The van der Waals surface area contributed by atoms with Crippen molar-refractivity contribution in [1.82, 2.24) is 0 Å². The Bertz CT molecular complexity index is 930. The number of benzene rings is 2. The van der Waals surface area contributed by atoms with E-state index in [2.05, 4.69) is 0 Å². The van der Waals surface area contributed by atoms with Crippen LogP contribution in [0.2, 0.25) is 0 Å². The standard InChI is InChI=1S/C19H16O6/c1-25-9-2-3-10-11(5-9)17(22)13-4-8(7-20)15-12(16(13)18(10)23)6-14(21)19(15)24/h2-5,14,19-21,24H,6-7H2,1H3. The highest BCUT2D eigenvalue weighted by Crippen LogP contribution is 2.41. The van der Waals surface area contributed by atoms with Crippen molar-refractivity contribution in [2.75, 3.05) is 7.11 Å². The lowest BCUT2D eigenvalue weighted by atomic mass is 9.79. The maximum absolute atomic E-state index is 13.0. The topological polar surface area (TPSA) is 104 Å². The van der Waals surface area contributed by atoms with Gasteiger partial charge in [-0.1, -0.05) is 0 Å². The molecule has 2 aromatic carbocycles. The zero-order valence-electron chi connectivity index (χ0n) is 13.4. The molecule has 2 aliphatic rings. The average molecular weight is 340 g/mol. The molecule has 0 bridgehead atoms. The fraction of sp³-hybridized carbons (Fsp3) is 0.263. The predicted molar refractivity (Wildman–Crippen MR) is 86.9 cm³/mol. The van der Waals surface area contributed by atoms with Crippen molar-refractivity contribution >= 4 is 11.6 Å². The van der Waals surface area contributed by atoms with E-state index in [1.54, 1.807) is 12.1 Å². The lowest BCUT2D eigenvalue weighted by molar-refractivity contribution is 0.0317. The number of aliphatic hydroxyl groups is 3. The Morgan fingerprint density at radius 1 is 1.08 bits per heavy atom. The number of hydrogen-bond donors (Lipinski definition) is 3. The minimum absolute atomic E-state index is 0.0666. The largest absolute Gasteiger partial charge is 0.497 e. The minimum Gasteiger partial charge on any atom is -0.497 e. The Kier molecular flexibility index (Phi) is 3.50. The molecule has 0 spiro atoms. The number of carbonyl (C=O) groups excluding carboxylic acids is 2. The van der Waals surface area contributed by atoms with Crippen molar-refractivity contribution < 1.29 is 29.6 Å². The summed E-state index contributed by atoms with van der Waals surface area (Å²) in [6.45, 7) is -0.397. The smallest absolute Gasteiger partial charge is 0.194 e. The SMILES string of the molecule is COc1ccc2c(c1)C(=O)c1cc(CO)c3c(c1C2=O)CC(O)C3O. The van der Waals surface area contributed by atoms with Crippen molar-refractivity contribution in [3.63, 3.8) is 0 Å². The van der Waals surface area contributed by atoms with E-state index in [0.29, 0.717) is 22.4 Å². The number of ketones is 2. The first-order chi connectivity index (χ1) is 12.0. The van der Waals surface area contributed by atoms with Crippen molar-refractivity contribution in [3.05, 3.63) is 63.2 Å². The molecule has 2 aromatic rings. The van der Waals surface area contributed by atoms with E-state index in [-0.39, 0.29) is 40.2 Å². The van der Waals surface area contributed by atoms with Gasteiger partial charge in [0.25, 0.3) is 0 Å². The van der Waals surface area contributed by atoms with Crippen molar-refractivity contribution in [2.24, 2.45) is 0 Å². The molecule has 4 rings (SSSR count). The minimum atomic E-state index is -1.18. The molecule has 0 aromatic heterocycles. The monoisotopic (exact) mass is 340 g/mol. The molecule has 2 unspecified atom stereocenters. The van der Waals surface area contributed by atoms with Crippen molar-refractivity contribution in [2.45, 2.75) is 25.2 Å². The summed E-state index contributed by atoms with van der Waals surface area (Å²) >= 11 is 0. The molecule has 128 valence electrons. The Morgan fingerprint density at radius 3 is 2.52 bits per heavy atom. The summed E-state index contributed by atoms with van der Waals surface area (Å²) in [7, 11) is 1.48. The summed E-state index contributed by atoms with van der Waals surface area (Å²) in [4.78, 5) is 25.9. The molecule has 2 atom stereocenters. The second-order valence-electron chi connectivity index (χ2n) is 6.29. The summed E-state index contributed by atoms with van der Waals surface area (Å²) in [5.74, 6) is -0.191. The van der Waals surface area contributed by atoms with Crippen LogP contribution in [0.15, 0.2) is 24.3 Å². The second kappa shape index (κ2) is 5.49. The number of fused-ring (bicyclic) bond motifs is 4. The molecule has 0 heterocycles. The van der Waals surface area contributed by atoms with Gasteiger partial charge in [-0.25, -0.2) is 0 Å². The molecule has 0 saturated heterocycles. The normalized spacial score (nSPS) is 21.0. The van der Waals surface area contributed by atoms with Gasteiger partial charge in [0.05, 0.1) is 19.8 Å². The first kappa shape index (κ1) is 16.0. The molecule has 2 aliphatic carbocycles. The maximum Gasteiger partial charge on any atom is 0.194 e. The van der Waals surface area contributed by atoms with Gasteiger partial charge in [-0.2, -0.15) is 0 Å². The number of ether oxygens (including phenoxy) is 1. The molecule has 0 fully saturated rings. The van der Waals surface area contributed by atoms with Gasteiger partial charge in [-0.05, 0) is 41.0 Å². The van der Waals surface area contributed by atoms with Crippen LogP contribution in [-0.4, -0.2) is 40.1 Å². The zero-order chi connectivity index (χ0) is 17.9. The number of aliphatic hydroxyl groups excluding tert-OH is 3. The predicted octanol–water partition coefficient (Wildman–Crippen LogP) is 0.913. The highest BCUT2D eigenvalue weighted by Gasteiger charge is 2.40. The molecular weight excluding hydrogens is 324 g/mol. The average Bonchev–Trinajstić information content (AvgIpc) is 2.93. The van der Waals surface area contributed by atoms with Crippen LogP contribution in [-0.2, 0) is 13.0 Å². The molecule has 0 saturated carbocycles. The second-order valence-corrected chi connectivity index (χ2v) is 6.29. The Morgan fingerprint density at radius 2 is 1.84 bits per heavy atom. The molecule has 25 heavy (non-hydrogen) atoms. The Balaban J connectivity index is 2.00. The third-order valence-corrected chi connectivity index (χ3v) is 4.99. The molecule has 0 amide bonds. The van der Waals surface area contributed by atoms with Gasteiger partial charge in [0.2, 0.25) is 0 Å². The van der Waals surface area contributed by atoms with E-state index in [1.165, 1.54) is 19.2 Å². The van der Waals surface area contributed by atoms with Crippen LogP contribution < -0.4 is 4.74 Å². The van der Waals surface area contributed by atoms with Crippen LogP contribution in [0.1, 0.15) is 54.6 Å². The zero-order valence-corrected chi connectivity index (χ0v) is 13.4. The molecule has 6 nitrogen and oxygen atoms in total. The van der Waals surface area contributed by atoms with Crippen LogP contribution in [0.4, 0.5) is 0 Å². The molecule has 3 N–H and O–H groups in total. The summed E-state index contributed by atoms with van der Waals surface area (Å²) in [5.41, 5.74) is 2.08. The first-order valence-corrected chi connectivity index (χ1v) is 7.91. The van der Waals surface area contributed by atoms with Gasteiger partial charge >= 0.3 is 0 Å².